The Balaban J connectivity index is 1.62. The van der Waals surface area contributed by atoms with E-state index in [2.05, 4.69) is 5.32 Å². The minimum Gasteiger partial charge on any atom is -0.378 e. The second-order valence-corrected chi connectivity index (χ2v) is 7.81. The van der Waals surface area contributed by atoms with E-state index in [-0.39, 0.29) is 18.0 Å². The molecule has 8 heteroatoms. The Morgan fingerprint density at radius 3 is 2.81 bits per heavy atom. The number of ether oxygens (including phenoxy) is 1. The molecule has 1 aliphatic heterocycles. The van der Waals surface area contributed by atoms with Crippen molar-refractivity contribution in [2.45, 2.75) is 39.2 Å². The first kappa shape index (κ1) is 17.5. The third kappa shape index (κ3) is 3.12. The molecule has 1 amide bonds. The Bertz CT molecular complexity index is 883. The van der Waals surface area contributed by atoms with Crippen LogP contribution in [-0.4, -0.2) is 53.2 Å². The minimum absolute atomic E-state index is 0.00998. The molecule has 0 unspecified atom stereocenters. The van der Waals surface area contributed by atoms with Crippen LogP contribution in [0.25, 0.3) is 10.2 Å². The molecule has 4 rings (SSSR count). The third-order valence-electron chi connectivity index (χ3n) is 5.15. The van der Waals surface area contributed by atoms with Gasteiger partial charge < -0.3 is 15.0 Å². The van der Waals surface area contributed by atoms with Gasteiger partial charge in [0.1, 0.15) is 4.83 Å². The Kier molecular flexibility index (Phi) is 4.95. The fourth-order valence-corrected chi connectivity index (χ4v) is 5.00. The molecule has 2 aromatic rings. The largest absolute Gasteiger partial charge is 0.378 e. The number of aryl methyl sites for hydroxylation is 2. The van der Waals surface area contributed by atoms with E-state index in [4.69, 9.17) is 9.72 Å². The van der Waals surface area contributed by atoms with Crippen molar-refractivity contribution in [3.63, 3.8) is 0 Å². The van der Waals surface area contributed by atoms with Crippen LogP contribution < -0.4 is 10.9 Å². The average Bonchev–Trinajstić information content (AvgIpc) is 3.05. The highest BCUT2D eigenvalue weighted by Gasteiger charge is 2.22. The number of fused-ring (bicyclic) bond motifs is 3. The number of thiophene rings is 1. The summed E-state index contributed by atoms with van der Waals surface area (Å²) in [5.74, 6) is 0.501. The quantitative estimate of drug-likeness (QED) is 0.878. The molecule has 2 aromatic heterocycles. The number of morpholine rings is 1. The monoisotopic (exact) mass is 376 g/mol. The molecule has 2 aliphatic rings. The van der Waals surface area contributed by atoms with Crippen molar-refractivity contribution in [2.75, 3.05) is 38.2 Å². The maximum atomic E-state index is 13.0. The van der Waals surface area contributed by atoms with Crippen molar-refractivity contribution in [3.05, 3.63) is 20.8 Å². The van der Waals surface area contributed by atoms with Crippen LogP contribution >= 0.6 is 11.3 Å². The predicted octanol–water partition coefficient (Wildman–Crippen LogP) is 1.63. The highest BCUT2D eigenvalue weighted by Crippen LogP contribution is 2.34. The van der Waals surface area contributed by atoms with Crippen molar-refractivity contribution >= 4 is 33.4 Å². The molecule has 0 radical (unpaired) electrons. The number of anilines is 1. The van der Waals surface area contributed by atoms with Gasteiger partial charge in [-0.3, -0.25) is 14.2 Å². The smallest absolute Gasteiger partial charge is 0.263 e. The summed E-state index contributed by atoms with van der Waals surface area (Å²) in [5, 5.41) is 3.89. The number of rotatable bonds is 4. The normalized spacial score (nSPS) is 17.3. The second-order valence-electron chi connectivity index (χ2n) is 6.72. The van der Waals surface area contributed by atoms with Gasteiger partial charge in [-0.25, -0.2) is 4.98 Å². The van der Waals surface area contributed by atoms with Gasteiger partial charge in [-0.15, -0.1) is 11.3 Å². The van der Waals surface area contributed by atoms with Gasteiger partial charge in [-0.2, -0.15) is 0 Å². The van der Waals surface area contributed by atoms with Gasteiger partial charge in [0, 0.05) is 24.5 Å². The van der Waals surface area contributed by atoms with Crippen molar-refractivity contribution in [2.24, 2.45) is 0 Å². The summed E-state index contributed by atoms with van der Waals surface area (Å²) in [5.41, 5.74) is 1.21. The van der Waals surface area contributed by atoms with Crippen molar-refractivity contribution in [1.29, 1.82) is 0 Å². The van der Waals surface area contributed by atoms with Gasteiger partial charge >= 0.3 is 0 Å². The highest BCUT2D eigenvalue weighted by molar-refractivity contribution is 7.18. The number of hydrogen-bond donors (Lipinski definition) is 1. The van der Waals surface area contributed by atoms with Gasteiger partial charge in [-0.05, 0) is 38.2 Å². The van der Waals surface area contributed by atoms with E-state index in [0.717, 1.165) is 29.5 Å². The van der Waals surface area contributed by atoms with Crippen LogP contribution in [0.2, 0.25) is 0 Å². The fourth-order valence-electron chi connectivity index (χ4n) is 3.75. The first-order valence-corrected chi connectivity index (χ1v) is 10.1. The third-order valence-corrected chi connectivity index (χ3v) is 6.34. The van der Waals surface area contributed by atoms with E-state index < -0.39 is 0 Å². The van der Waals surface area contributed by atoms with E-state index >= 15 is 0 Å². The summed E-state index contributed by atoms with van der Waals surface area (Å²) < 4.78 is 6.93. The predicted molar refractivity (Wildman–Crippen MR) is 102 cm³/mol. The highest BCUT2D eigenvalue weighted by atomic mass is 32.1. The van der Waals surface area contributed by atoms with Crippen LogP contribution in [0, 0.1) is 0 Å². The molecule has 0 bridgehead atoms. The van der Waals surface area contributed by atoms with Crippen LogP contribution in [0.5, 0.6) is 0 Å². The van der Waals surface area contributed by atoms with Crippen LogP contribution in [0.1, 0.15) is 30.2 Å². The van der Waals surface area contributed by atoms with Crippen LogP contribution in [0.3, 0.4) is 0 Å². The zero-order chi connectivity index (χ0) is 18.1. The lowest BCUT2D eigenvalue weighted by atomic mass is 9.97. The lowest BCUT2D eigenvalue weighted by molar-refractivity contribution is -0.133. The van der Waals surface area contributed by atoms with E-state index in [0.29, 0.717) is 38.8 Å². The van der Waals surface area contributed by atoms with Gasteiger partial charge in [0.15, 0.2) is 0 Å². The molecule has 26 heavy (non-hydrogen) atoms. The Hall–Kier alpha value is -1.93. The topological polar surface area (TPSA) is 76.5 Å². The maximum Gasteiger partial charge on any atom is 0.263 e. The molecule has 1 saturated heterocycles. The van der Waals surface area contributed by atoms with Gasteiger partial charge in [-0.1, -0.05) is 0 Å². The molecule has 0 spiro atoms. The van der Waals surface area contributed by atoms with Gasteiger partial charge in [0.2, 0.25) is 11.9 Å². The van der Waals surface area contributed by atoms with E-state index in [1.54, 1.807) is 20.8 Å². The summed E-state index contributed by atoms with van der Waals surface area (Å²) >= 11 is 1.63. The van der Waals surface area contributed by atoms with Crippen molar-refractivity contribution in [3.8, 4) is 0 Å². The first-order chi connectivity index (χ1) is 12.7. The van der Waals surface area contributed by atoms with E-state index in [9.17, 15) is 9.59 Å². The van der Waals surface area contributed by atoms with Gasteiger partial charge in [0.25, 0.3) is 5.56 Å². The minimum atomic E-state index is 0.00998. The molecule has 1 aliphatic carbocycles. The number of amides is 1. The first-order valence-electron chi connectivity index (χ1n) is 9.33. The number of aromatic nitrogens is 2. The molecule has 1 N–H and O–H groups in total. The van der Waals surface area contributed by atoms with Crippen molar-refractivity contribution < 1.29 is 9.53 Å². The molecule has 3 heterocycles. The second kappa shape index (κ2) is 7.36. The van der Waals surface area contributed by atoms with E-state index in [1.807, 2.05) is 6.92 Å². The molecule has 7 nitrogen and oxygen atoms in total. The zero-order valence-electron chi connectivity index (χ0n) is 15.0. The number of nitrogens with one attached hydrogen (secondary N) is 1. The fraction of sp³-hybridized carbons (Fsp3) is 0.611. The summed E-state index contributed by atoms with van der Waals surface area (Å²) in [6.07, 6.45) is 4.33. The number of hydrogen-bond acceptors (Lipinski definition) is 6. The van der Waals surface area contributed by atoms with E-state index in [1.165, 1.54) is 16.9 Å². The molecular weight excluding hydrogens is 352 g/mol. The summed E-state index contributed by atoms with van der Waals surface area (Å²) in [7, 11) is 0. The standard InChI is InChI=1S/C18H24N4O3S/c1-2-22-17(24)15-12-5-3-4-6-13(12)26-16(15)20-18(22)19-11-14(23)21-7-9-25-10-8-21/h2-11H2,1H3,(H,19,20). The Morgan fingerprint density at radius 1 is 1.27 bits per heavy atom. The summed E-state index contributed by atoms with van der Waals surface area (Å²) in [6.45, 7) is 5.00. The van der Waals surface area contributed by atoms with Crippen molar-refractivity contribution in [1.82, 2.24) is 14.5 Å². The van der Waals surface area contributed by atoms with Gasteiger partial charge in [0.05, 0.1) is 25.1 Å². The lowest BCUT2D eigenvalue weighted by Crippen LogP contribution is -2.43. The number of nitrogens with zero attached hydrogens (tertiary/aromatic N) is 3. The molecule has 0 atom stereocenters. The zero-order valence-corrected chi connectivity index (χ0v) is 15.9. The SMILES string of the molecule is CCn1c(NCC(=O)N2CCOCC2)nc2sc3c(c2c1=O)CCCC3. The molecule has 0 aromatic carbocycles. The van der Waals surface area contributed by atoms with Crippen LogP contribution in [-0.2, 0) is 28.9 Å². The Labute approximate surface area is 156 Å². The average molecular weight is 376 g/mol. The maximum absolute atomic E-state index is 13.0. The number of carbonyl (C=O) groups is 1. The van der Waals surface area contributed by atoms with Crippen LogP contribution in [0.4, 0.5) is 5.95 Å². The molecule has 140 valence electrons. The molecule has 0 saturated carbocycles. The summed E-state index contributed by atoms with van der Waals surface area (Å²) in [4.78, 5) is 34.0. The molecular formula is C18H24N4O3S. The summed E-state index contributed by atoms with van der Waals surface area (Å²) in [6, 6.07) is 0. The lowest BCUT2D eigenvalue weighted by Gasteiger charge is -2.27. The Morgan fingerprint density at radius 2 is 2.04 bits per heavy atom. The van der Waals surface area contributed by atoms with Crippen LogP contribution in [0.15, 0.2) is 4.79 Å². The molecule has 1 fully saturated rings. The number of carbonyl (C=O) groups excluding carboxylic acids is 1.